The van der Waals surface area contributed by atoms with Crippen molar-refractivity contribution < 1.29 is 13.6 Å². The van der Waals surface area contributed by atoms with Gasteiger partial charge in [-0.15, -0.1) is 0 Å². The van der Waals surface area contributed by atoms with Crippen LogP contribution < -0.4 is 5.32 Å². The summed E-state index contributed by atoms with van der Waals surface area (Å²) in [6.45, 7) is 1.81. The van der Waals surface area contributed by atoms with Gasteiger partial charge in [-0.25, -0.2) is 8.78 Å². The minimum absolute atomic E-state index is 0.329. The summed E-state index contributed by atoms with van der Waals surface area (Å²) < 4.78 is 29.0. The van der Waals surface area contributed by atoms with Crippen LogP contribution in [0, 0.1) is 12.8 Å². The molecule has 1 N–H and O–H groups in total. The molecule has 1 heterocycles. The Hall–Kier alpha value is -1.04. The van der Waals surface area contributed by atoms with Crippen LogP contribution in [0.25, 0.3) is 0 Å². The molecule has 3 nitrogen and oxygen atoms in total. The van der Waals surface area contributed by atoms with E-state index in [2.05, 4.69) is 9.69 Å². The fourth-order valence-electron chi connectivity index (χ4n) is 1.49. The van der Waals surface area contributed by atoms with Crippen molar-refractivity contribution in [1.29, 1.82) is 0 Å². The highest BCUT2D eigenvalue weighted by Gasteiger charge is 2.48. The van der Waals surface area contributed by atoms with Crippen LogP contribution >= 0.6 is 11.5 Å². The number of carbonyl (C=O) groups excluding carboxylic acids is 1. The van der Waals surface area contributed by atoms with Crippen LogP contribution in [-0.2, 0) is 4.79 Å². The van der Waals surface area contributed by atoms with Gasteiger partial charge in [0.1, 0.15) is 5.00 Å². The second kappa shape index (κ2) is 3.52. The Kier molecular flexibility index (Phi) is 2.46. The molecule has 15 heavy (non-hydrogen) atoms. The van der Waals surface area contributed by atoms with Crippen LogP contribution in [0.5, 0.6) is 0 Å². The van der Waals surface area contributed by atoms with Gasteiger partial charge in [-0.2, -0.15) is 4.37 Å². The van der Waals surface area contributed by atoms with Crippen LogP contribution in [0.4, 0.5) is 13.8 Å². The van der Waals surface area contributed by atoms with Crippen LogP contribution in [0.3, 0.4) is 0 Å². The Balaban J connectivity index is 1.89. The summed E-state index contributed by atoms with van der Waals surface area (Å²) in [7, 11) is 0. The third-order valence-electron chi connectivity index (χ3n) is 2.34. The first kappa shape index (κ1) is 10.5. The number of amides is 1. The normalized spacial score (nSPS) is 19.7. The first-order valence-electron chi connectivity index (χ1n) is 4.58. The zero-order valence-electron chi connectivity index (χ0n) is 8.09. The smallest absolute Gasteiger partial charge is 0.249 e. The third-order valence-corrected chi connectivity index (χ3v) is 3.13. The predicted molar refractivity (Wildman–Crippen MR) is 53.2 cm³/mol. The Morgan fingerprint density at radius 3 is 2.80 bits per heavy atom. The lowest BCUT2D eigenvalue weighted by Crippen LogP contribution is -2.42. The van der Waals surface area contributed by atoms with Crippen LogP contribution in [0.15, 0.2) is 6.07 Å². The number of hydrogen-bond acceptors (Lipinski definition) is 3. The zero-order valence-corrected chi connectivity index (χ0v) is 8.91. The van der Waals surface area contributed by atoms with Crippen molar-refractivity contribution in [2.75, 3.05) is 5.32 Å². The van der Waals surface area contributed by atoms with E-state index in [1.165, 1.54) is 0 Å². The lowest BCUT2D eigenvalue weighted by Gasteiger charge is -2.33. The highest BCUT2D eigenvalue weighted by atomic mass is 32.1. The van der Waals surface area contributed by atoms with Crippen molar-refractivity contribution >= 4 is 22.4 Å². The summed E-state index contributed by atoms with van der Waals surface area (Å²) in [5.41, 5.74) is 0.814. The average molecular weight is 232 g/mol. The maximum absolute atomic E-state index is 12.5. The average Bonchev–Trinajstić information content (AvgIpc) is 2.46. The molecule has 0 aliphatic heterocycles. The van der Waals surface area contributed by atoms with Gasteiger partial charge in [-0.1, -0.05) is 0 Å². The number of carbonyl (C=O) groups is 1. The Morgan fingerprint density at radius 2 is 2.33 bits per heavy atom. The number of halogens is 2. The zero-order chi connectivity index (χ0) is 11.1. The number of anilines is 1. The lowest BCUT2D eigenvalue weighted by molar-refractivity contribution is -0.145. The maximum Gasteiger partial charge on any atom is 0.249 e. The van der Waals surface area contributed by atoms with E-state index < -0.39 is 11.8 Å². The van der Waals surface area contributed by atoms with Gasteiger partial charge in [-0.3, -0.25) is 4.79 Å². The molecule has 1 fully saturated rings. The topological polar surface area (TPSA) is 42.0 Å². The molecule has 2 rings (SSSR count). The van der Waals surface area contributed by atoms with Crippen LogP contribution in [0.2, 0.25) is 0 Å². The Bertz CT molecular complexity index is 383. The summed E-state index contributed by atoms with van der Waals surface area (Å²) in [5, 5.41) is 3.20. The van der Waals surface area contributed by atoms with E-state index in [1.807, 2.05) is 6.92 Å². The molecule has 0 spiro atoms. The van der Waals surface area contributed by atoms with Gasteiger partial charge in [0.2, 0.25) is 11.8 Å². The summed E-state index contributed by atoms with van der Waals surface area (Å²) >= 11 is 1.16. The largest absolute Gasteiger partial charge is 0.316 e. The molecular formula is C9H10F2N2OS. The van der Waals surface area contributed by atoms with E-state index in [-0.39, 0.29) is 18.7 Å². The first-order valence-corrected chi connectivity index (χ1v) is 5.36. The molecule has 1 aromatic rings. The van der Waals surface area contributed by atoms with Gasteiger partial charge in [-0.05, 0) is 24.5 Å². The molecule has 0 saturated heterocycles. The molecule has 82 valence electrons. The molecule has 1 amide bonds. The van der Waals surface area contributed by atoms with Gasteiger partial charge in [0.15, 0.2) is 0 Å². The monoisotopic (exact) mass is 232 g/mol. The molecule has 1 aliphatic carbocycles. The quantitative estimate of drug-likeness (QED) is 0.850. The molecule has 1 aliphatic rings. The highest BCUT2D eigenvalue weighted by molar-refractivity contribution is 7.10. The molecule has 6 heteroatoms. The predicted octanol–water partition coefficient (Wildman–Crippen LogP) is 2.44. The van der Waals surface area contributed by atoms with Crippen molar-refractivity contribution in [3.63, 3.8) is 0 Å². The summed E-state index contributed by atoms with van der Waals surface area (Å²) in [6.07, 6.45) is -0.673. The van der Waals surface area contributed by atoms with Crippen LogP contribution in [-0.4, -0.2) is 16.2 Å². The fourth-order valence-corrected chi connectivity index (χ4v) is 2.16. The minimum atomic E-state index is -2.65. The number of rotatable bonds is 2. The van der Waals surface area contributed by atoms with E-state index >= 15 is 0 Å². The van der Waals surface area contributed by atoms with Gasteiger partial charge < -0.3 is 5.32 Å². The molecule has 0 unspecified atom stereocenters. The van der Waals surface area contributed by atoms with Crippen molar-refractivity contribution in [2.45, 2.75) is 25.7 Å². The fraction of sp³-hybridized carbons (Fsp3) is 0.556. The number of aromatic nitrogens is 1. The molecule has 0 atom stereocenters. The van der Waals surface area contributed by atoms with Crippen molar-refractivity contribution in [2.24, 2.45) is 5.92 Å². The number of alkyl halides is 2. The summed E-state index contributed by atoms with van der Waals surface area (Å²) in [5.74, 6) is -3.53. The van der Waals surface area contributed by atoms with E-state index in [4.69, 9.17) is 0 Å². The SMILES string of the molecule is Cc1cc(NC(=O)C2CC(F)(F)C2)sn1. The van der Waals surface area contributed by atoms with E-state index in [1.54, 1.807) is 6.07 Å². The van der Waals surface area contributed by atoms with Crippen molar-refractivity contribution in [3.8, 4) is 0 Å². The number of aryl methyl sites for hydroxylation is 1. The first-order chi connectivity index (χ1) is 6.96. The van der Waals surface area contributed by atoms with Crippen molar-refractivity contribution in [1.82, 2.24) is 4.37 Å². The molecule has 0 aromatic carbocycles. The lowest BCUT2D eigenvalue weighted by atomic mass is 9.81. The number of hydrogen-bond donors (Lipinski definition) is 1. The molecular weight excluding hydrogens is 222 g/mol. The maximum atomic E-state index is 12.5. The molecule has 0 radical (unpaired) electrons. The number of nitrogens with one attached hydrogen (secondary N) is 1. The van der Waals surface area contributed by atoms with Gasteiger partial charge in [0.25, 0.3) is 0 Å². The van der Waals surface area contributed by atoms with Gasteiger partial charge in [0, 0.05) is 18.8 Å². The van der Waals surface area contributed by atoms with E-state index in [0.717, 1.165) is 17.2 Å². The minimum Gasteiger partial charge on any atom is -0.316 e. The molecule has 1 saturated carbocycles. The molecule has 0 bridgehead atoms. The van der Waals surface area contributed by atoms with Crippen molar-refractivity contribution in [3.05, 3.63) is 11.8 Å². The summed E-state index contributed by atoms with van der Waals surface area (Å²) in [6, 6.07) is 1.72. The highest BCUT2D eigenvalue weighted by Crippen LogP contribution is 2.42. The standard InChI is InChI=1S/C9H10F2N2OS/c1-5-2-7(15-13-5)12-8(14)6-3-9(10,11)4-6/h2,6H,3-4H2,1H3,(H,12,14). The Labute approximate surface area is 89.7 Å². The van der Waals surface area contributed by atoms with Gasteiger partial charge in [0.05, 0.1) is 5.69 Å². The van der Waals surface area contributed by atoms with E-state index in [0.29, 0.717) is 5.00 Å². The van der Waals surface area contributed by atoms with E-state index in [9.17, 15) is 13.6 Å². The van der Waals surface area contributed by atoms with Crippen LogP contribution in [0.1, 0.15) is 18.5 Å². The summed E-state index contributed by atoms with van der Waals surface area (Å²) in [4.78, 5) is 11.4. The second-order valence-corrected chi connectivity index (χ2v) is 4.59. The number of nitrogens with zero attached hydrogens (tertiary/aromatic N) is 1. The van der Waals surface area contributed by atoms with Gasteiger partial charge >= 0.3 is 0 Å². The Morgan fingerprint density at radius 1 is 1.67 bits per heavy atom. The molecule has 1 aromatic heterocycles. The second-order valence-electron chi connectivity index (χ2n) is 3.78. The third kappa shape index (κ3) is 2.31.